The van der Waals surface area contributed by atoms with Crippen molar-refractivity contribution in [3.8, 4) is 11.5 Å². The molecule has 0 atom stereocenters. The van der Waals surface area contributed by atoms with Gasteiger partial charge in [0.2, 0.25) is 0 Å². The van der Waals surface area contributed by atoms with Crippen LogP contribution in [0.2, 0.25) is 0 Å². The van der Waals surface area contributed by atoms with Gasteiger partial charge in [-0.15, -0.1) is 0 Å². The maximum Gasteiger partial charge on any atom is 0.262 e. The van der Waals surface area contributed by atoms with Crippen LogP contribution in [0.5, 0.6) is 11.5 Å². The summed E-state index contributed by atoms with van der Waals surface area (Å²) < 4.78 is 50.3. The smallest absolute Gasteiger partial charge is 0.262 e. The number of benzene rings is 3. The molecular formula is C24H20FNO5S2. The predicted octanol–water partition coefficient (Wildman–Crippen LogP) is 4.90. The summed E-state index contributed by atoms with van der Waals surface area (Å²) in [5.41, 5.74) is 1.61. The zero-order valence-corrected chi connectivity index (χ0v) is 19.4. The molecule has 0 aromatic heterocycles. The van der Waals surface area contributed by atoms with Crippen molar-refractivity contribution in [3.05, 3.63) is 82.5 Å². The maximum atomic E-state index is 13.2. The Morgan fingerprint density at radius 3 is 2.30 bits per heavy atom. The molecule has 1 amide bonds. The van der Waals surface area contributed by atoms with Gasteiger partial charge < -0.3 is 14.8 Å². The average molecular weight is 486 g/mol. The largest absolute Gasteiger partial charge is 0.496 e. The van der Waals surface area contributed by atoms with Crippen LogP contribution in [0.1, 0.15) is 11.1 Å². The van der Waals surface area contributed by atoms with E-state index in [1.54, 1.807) is 42.5 Å². The molecule has 0 bridgehead atoms. The average Bonchev–Trinajstić information content (AvgIpc) is 2.80. The minimum atomic E-state index is -3.75. The molecule has 1 N–H and O–H groups in total. The normalized spacial score (nSPS) is 14.5. The highest BCUT2D eigenvalue weighted by atomic mass is 32.2. The number of nitrogens with one attached hydrogen (secondary N) is 1. The second kappa shape index (κ2) is 9.29. The fourth-order valence-electron chi connectivity index (χ4n) is 3.38. The summed E-state index contributed by atoms with van der Waals surface area (Å²) in [7, 11) is -0.813. The first-order valence-corrected chi connectivity index (χ1v) is 12.3. The minimum Gasteiger partial charge on any atom is -0.496 e. The van der Waals surface area contributed by atoms with Gasteiger partial charge in [-0.05, 0) is 54.1 Å². The molecule has 0 fully saturated rings. The van der Waals surface area contributed by atoms with E-state index in [4.69, 9.17) is 9.47 Å². The molecule has 170 valence electrons. The Morgan fingerprint density at radius 1 is 1.00 bits per heavy atom. The molecule has 1 aliphatic heterocycles. The number of methoxy groups -OCH3 is 2. The van der Waals surface area contributed by atoms with Crippen LogP contribution in [0.15, 0.2) is 75.4 Å². The number of rotatable bonds is 6. The lowest BCUT2D eigenvalue weighted by atomic mass is 10.2. The van der Waals surface area contributed by atoms with Crippen LogP contribution in [-0.2, 0) is 20.4 Å². The summed E-state index contributed by atoms with van der Waals surface area (Å²) in [6.07, 6.45) is 1.63. The standard InChI is InChI=1S/C24H20FNO5S2/c1-30-20-4-3-5-21(31-2)18(20)14-33(28,29)17-10-11-19-22(13-17)32-23(24(27)26-19)12-15-6-8-16(25)9-7-15/h3-13H,14H2,1-2H3,(H,26,27)/b23-12+. The third kappa shape index (κ3) is 4.89. The van der Waals surface area contributed by atoms with E-state index < -0.39 is 9.84 Å². The molecule has 0 aliphatic carbocycles. The van der Waals surface area contributed by atoms with E-state index in [1.165, 1.54) is 38.5 Å². The fraction of sp³-hybridized carbons (Fsp3) is 0.125. The van der Waals surface area contributed by atoms with E-state index in [0.29, 0.717) is 38.1 Å². The van der Waals surface area contributed by atoms with Gasteiger partial charge in [-0.3, -0.25) is 4.79 Å². The summed E-state index contributed by atoms with van der Waals surface area (Å²) in [6.45, 7) is 0. The first-order valence-electron chi connectivity index (χ1n) is 9.84. The van der Waals surface area contributed by atoms with Gasteiger partial charge in [0.1, 0.15) is 17.3 Å². The number of halogens is 1. The maximum absolute atomic E-state index is 13.2. The summed E-state index contributed by atoms with van der Waals surface area (Å²) in [4.78, 5) is 13.5. The second-order valence-corrected chi connectivity index (χ2v) is 10.2. The minimum absolute atomic E-state index is 0.110. The molecule has 33 heavy (non-hydrogen) atoms. The molecule has 0 spiro atoms. The molecule has 3 aromatic carbocycles. The van der Waals surface area contributed by atoms with Gasteiger partial charge >= 0.3 is 0 Å². The summed E-state index contributed by atoms with van der Waals surface area (Å²) >= 11 is 1.16. The summed E-state index contributed by atoms with van der Waals surface area (Å²) in [5.74, 6) is -0.158. The summed E-state index contributed by atoms with van der Waals surface area (Å²) in [6, 6.07) is 15.4. The van der Waals surface area contributed by atoms with Gasteiger partial charge in [-0.2, -0.15) is 0 Å². The van der Waals surface area contributed by atoms with Crippen molar-refractivity contribution < 1.29 is 27.1 Å². The quantitative estimate of drug-likeness (QED) is 0.500. The van der Waals surface area contributed by atoms with E-state index in [1.807, 2.05) is 0 Å². The Hall–Kier alpha value is -3.30. The van der Waals surface area contributed by atoms with Crippen molar-refractivity contribution in [1.82, 2.24) is 0 Å². The Kier molecular flexibility index (Phi) is 6.44. The number of fused-ring (bicyclic) bond motifs is 1. The van der Waals surface area contributed by atoms with E-state index in [9.17, 15) is 17.6 Å². The van der Waals surface area contributed by atoms with Crippen molar-refractivity contribution in [2.24, 2.45) is 0 Å². The highest BCUT2D eigenvalue weighted by Gasteiger charge is 2.26. The van der Waals surface area contributed by atoms with Crippen LogP contribution in [0.25, 0.3) is 6.08 Å². The van der Waals surface area contributed by atoms with Crippen molar-refractivity contribution in [1.29, 1.82) is 0 Å². The van der Waals surface area contributed by atoms with E-state index in [0.717, 1.165) is 11.8 Å². The number of amides is 1. The zero-order valence-electron chi connectivity index (χ0n) is 17.8. The topological polar surface area (TPSA) is 81.7 Å². The number of thioether (sulfide) groups is 1. The second-order valence-electron chi connectivity index (χ2n) is 7.17. The van der Waals surface area contributed by atoms with Gasteiger partial charge in [0, 0.05) is 4.90 Å². The highest BCUT2D eigenvalue weighted by Crippen LogP contribution is 2.41. The van der Waals surface area contributed by atoms with Crippen LogP contribution < -0.4 is 14.8 Å². The highest BCUT2D eigenvalue weighted by molar-refractivity contribution is 8.04. The predicted molar refractivity (Wildman–Crippen MR) is 126 cm³/mol. The Bertz CT molecular complexity index is 1330. The van der Waals surface area contributed by atoms with Crippen molar-refractivity contribution in [3.63, 3.8) is 0 Å². The lowest BCUT2D eigenvalue weighted by Crippen LogP contribution is -2.17. The number of hydrogen-bond donors (Lipinski definition) is 1. The number of anilines is 1. The Balaban J connectivity index is 1.66. The fourth-order valence-corrected chi connectivity index (χ4v) is 5.85. The molecule has 1 heterocycles. The third-order valence-electron chi connectivity index (χ3n) is 5.04. The van der Waals surface area contributed by atoms with E-state index >= 15 is 0 Å². The number of ether oxygens (including phenoxy) is 2. The van der Waals surface area contributed by atoms with Gasteiger partial charge in [-0.1, -0.05) is 30.0 Å². The molecule has 9 heteroatoms. The first-order chi connectivity index (χ1) is 15.8. The molecule has 0 saturated carbocycles. The van der Waals surface area contributed by atoms with Crippen molar-refractivity contribution >= 4 is 39.3 Å². The van der Waals surface area contributed by atoms with Gasteiger partial charge in [0.05, 0.1) is 41.0 Å². The molecule has 0 radical (unpaired) electrons. The zero-order chi connectivity index (χ0) is 23.6. The molecule has 0 unspecified atom stereocenters. The van der Waals surface area contributed by atoms with Crippen LogP contribution in [-0.4, -0.2) is 28.5 Å². The number of carbonyl (C=O) groups excluding carboxylic acids is 1. The number of sulfone groups is 1. The monoisotopic (exact) mass is 485 g/mol. The van der Waals surface area contributed by atoms with Gasteiger partial charge in [-0.25, -0.2) is 12.8 Å². The Morgan fingerprint density at radius 2 is 1.67 bits per heavy atom. The Labute approximate surface area is 195 Å². The summed E-state index contributed by atoms with van der Waals surface area (Å²) in [5, 5.41) is 2.77. The van der Waals surface area contributed by atoms with Crippen LogP contribution in [0, 0.1) is 5.82 Å². The SMILES string of the molecule is COc1cccc(OC)c1CS(=O)(=O)c1ccc2c(c1)S/C(=C/c1ccc(F)cc1)C(=O)N2. The lowest BCUT2D eigenvalue weighted by Gasteiger charge is -2.20. The molecule has 4 rings (SSSR count). The van der Waals surface area contributed by atoms with Crippen LogP contribution in [0.3, 0.4) is 0 Å². The number of hydrogen-bond acceptors (Lipinski definition) is 6. The van der Waals surface area contributed by atoms with Crippen LogP contribution in [0.4, 0.5) is 10.1 Å². The van der Waals surface area contributed by atoms with Gasteiger partial charge in [0.25, 0.3) is 5.91 Å². The molecule has 3 aromatic rings. The molecular weight excluding hydrogens is 465 g/mol. The lowest BCUT2D eigenvalue weighted by molar-refractivity contribution is -0.112. The first kappa shape index (κ1) is 22.9. The van der Waals surface area contributed by atoms with E-state index in [2.05, 4.69) is 5.32 Å². The molecule has 0 saturated heterocycles. The van der Waals surface area contributed by atoms with Gasteiger partial charge in [0.15, 0.2) is 9.84 Å². The van der Waals surface area contributed by atoms with Crippen molar-refractivity contribution in [2.45, 2.75) is 15.5 Å². The van der Waals surface area contributed by atoms with E-state index in [-0.39, 0.29) is 22.4 Å². The van der Waals surface area contributed by atoms with Crippen LogP contribution >= 0.6 is 11.8 Å². The third-order valence-corrected chi connectivity index (χ3v) is 7.76. The van der Waals surface area contributed by atoms with Crippen molar-refractivity contribution in [2.75, 3.05) is 19.5 Å². The molecule has 1 aliphatic rings. The molecule has 6 nitrogen and oxygen atoms in total. The number of carbonyl (C=O) groups is 1.